The smallest absolute Gasteiger partial charge is 0.147 e. The van der Waals surface area contributed by atoms with Crippen molar-refractivity contribution in [2.24, 2.45) is 0 Å². The van der Waals surface area contributed by atoms with Gasteiger partial charge in [-0.2, -0.15) is 5.10 Å². The molecule has 1 aliphatic rings. The molecule has 8 heteroatoms. The summed E-state index contributed by atoms with van der Waals surface area (Å²) in [5, 5.41) is 5.93. The van der Waals surface area contributed by atoms with Crippen molar-refractivity contribution in [1.82, 2.24) is 29.5 Å². The molecule has 4 aromatic rings. The zero-order valence-corrected chi connectivity index (χ0v) is 14.5. The van der Waals surface area contributed by atoms with Crippen molar-refractivity contribution in [3.8, 4) is 0 Å². The van der Waals surface area contributed by atoms with E-state index in [1.807, 2.05) is 16.8 Å². The lowest BCUT2D eigenvalue weighted by Crippen LogP contribution is -2.37. The van der Waals surface area contributed by atoms with E-state index in [2.05, 4.69) is 46.2 Å². The molecule has 124 valence electrons. The summed E-state index contributed by atoms with van der Waals surface area (Å²) in [7, 11) is 2.77. The Bertz CT molecular complexity index is 1040. The van der Waals surface area contributed by atoms with Crippen molar-refractivity contribution < 1.29 is 0 Å². The Kier molecular flexibility index (Phi) is 3.28. The summed E-state index contributed by atoms with van der Waals surface area (Å²) < 4.78 is 1.91. The van der Waals surface area contributed by atoms with Crippen molar-refractivity contribution >= 4 is 25.9 Å². The molecular weight excluding hydrogens is 333 g/mol. The molecule has 0 saturated carbocycles. The van der Waals surface area contributed by atoms with Crippen molar-refractivity contribution in [1.29, 1.82) is 0 Å². The molecule has 1 N–H and O–H groups in total. The maximum absolute atomic E-state index is 4.81. The number of aromatic amines is 1. The van der Waals surface area contributed by atoms with Gasteiger partial charge < -0.3 is 9.88 Å². The van der Waals surface area contributed by atoms with Crippen LogP contribution in [0.25, 0.3) is 5.52 Å². The van der Waals surface area contributed by atoms with E-state index in [0.717, 1.165) is 46.7 Å². The van der Waals surface area contributed by atoms with E-state index >= 15 is 0 Å². The summed E-state index contributed by atoms with van der Waals surface area (Å²) in [4.78, 5) is 18.8. The highest BCUT2D eigenvalue weighted by Crippen LogP contribution is 2.35. The molecule has 7 nitrogen and oxygen atoms in total. The zero-order chi connectivity index (χ0) is 16.8. The number of imidazole rings is 1. The molecule has 0 bridgehead atoms. The molecule has 0 spiro atoms. The van der Waals surface area contributed by atoms with Crippen molar-refractivity contribution in [2.45, 2.75) is 12.5 Å². The van der Waals surface area contributed by atoms with Gasteiger partial charge in [0.2, 0.25) is 0 Å². The topological polar surface area (TPSA) is 75.0 Å². The van der Waals surface area contributed by atoms with E-state index in [4.69, 9.17) is 5.10 Å². The number of hydrogen-bond donors (Lipinski definition) is 1. The van der Waals surface area contributed by atoms with Crippen LogP contribution >= 0.6 is 9.24 Å². The van der Waals surface area contributed by atoms with Crippen LogP contribution in [0, 0.1) is 0 Å². The Balaban J connectivity index is 1.70. The van der Waals surface area contributed by atoms with Gasteiger partial charge in [0.15, 0.2) is 0 Å². The molecule has 5 rings (SSSR count). The predicted octanol–water partition coefficient (Wildman–Crippen LogP) is 1.50. The molecule has 0 radical (unpaired) electrons. The number of nitrogens with zero attached hydrogens (tertiary/aromatic N) is 6. The molecule has 5 heterocycles. The van der Waals surface area contributed by atoms with Crippen LogP contribution < -0.4 is 10.2 Å². The standard InChI is InChI=1S/C17H16N7P/c25-14-2-1-6-24-13(14)8-12(22-24)17-16-11(20-10-21-16)3-7-23(17)15-9-18-4-5-19-15/h1-2,4-6,8-10,17H,3,7,25H2,(H,20,21)/t17-/m0/s1. The number of nitrogens with one attached hydrogen (secondary N) is 1. The summed E-state index contributed by atoms with van der Waals surface area (Å²) in [6.45, 7) is 0.833. The van der Waals surface area contributed by atoms with E-state index < -0.39 is 0 Å². The molecule has 25 heavy (non-hydrogen) atoms. The summed E-state index contributed by atoms with van der Waals surface area (Å²) in [6, 6.07) is 6.09. The summed E-state index contributed by atoms with van der Waals surface area (Å²) in [5.74, 6) is 0.837. The third-order valence-corrected chi connectivity index (χ3v) is 5.09. The summed E-state index contributed by atoms with van der Waals surface area (Å²) >= 11 is 0. The minimum Gasteiger partial charge on any atom is -0.348 e. The fraction of sp³-hybridized carbons (Fsp3) is 0.176. The van der Waals surface area contributed by atoms with Gasteiger partial charge in [-0.15, -0.1) is 9.24 Å². The molecule has 1 aliphatic heterocycles. The molecule has 2 atom stereocenters. The van der Waals surface area contributed by atoms with Gasteiger partial charge in [-0.1, -0.05) is 6.07 Å². The molecule has 1 unspecified atom stereocenters. The Morgan fingerprint density at radius 2 is 2.20 bits per heavy atom. The van der Waals surface area contributed by atoms with Gasteiger partial charge in [0, 0.05) is 37.3 Å². The third kappa shape index (κ3) is 2.31. The molecule has 0 aromatic carbocycles. The van der Waals surface area contributed by atoms with Crippen LogP contribution in [0.2, 0.25) is 0 Å². The van der Waals surface area contributed by atoms with Crippen molar-refractivity contribution in [3.63, 3.8) is 0 Å². The quantitative estimate of drug-likeness (QED) is 0.555. The molecule has 0 aliphatic carbocycles. The van der Waals surface area contributed by atoms with E-state index in [0.29, 0.717) is 0 Å². The van der Waals surface area contributed by atoms with Crippen LogP contribution in [0.1, 0.15) is 23.1 Å². The molecule has 0 saturated heterocycles. The average Bonchev–Trinajstić information content (AvgIpc) is 3.29. The van der Waals surface area contributed by atoms with Gasteiger partial charge in [0.1, 0.15) is 11.9 Å². The van der Waals surface area contributed by atoms with Gasteiger partial charge >= 0.3 is 0 Å². The molecule has 4 aromatic heterocycles. The number of rotatable bonds is 2. The van der Waals surface area contributed by atoms with Gasteiger partial charge in [-0.3, -0.25) is 4.98 Å². The number of anilines is 1. The Labute approximate surface area is 146 Å². The fourth-order valence-corrected chi connectivity index (χ4v) is 3.78. The monoisotopic (exact) mass is 349 g/mol. The number of aromatic nitrogens is 6. The van der Waals surface area contributed by atoms with Crippen LogP contribution in [0.4, 0.5) is 5.82 Å². The fourth-order valence-electron chi connectivity index (χ4n) is 3.45. The van der Waals surface area contributed by atoms with Crippen molar-refractivity contribution in [3.05, 3.63) is 66.4 Å². The van der Waals surface area contributed by atoms with Gasteiger partial charge in [0.05, 0.1) is 29.4 Å². The third-order valence-electron chi connectivity index (χ3n) is 4.60. The SMILES string of the molecule is Pc1cccn2nc([C@H]3c4nc[nH]c4CCN3c3cnccn3)cc12. The van der Waals surface area contributed by atoms with Crippen LogP contribution in [-0.4, -0.2) is 36.1 Å². The Hall–Kier alpha value is -2.79. The first-order valence-corrected chi connectivity index (χ1v) is 8.67. The van der Waals surface area contributed by atoms with Gasteiger partial charge in [0.25, 0.3) is 0 Å². The minimum absolute atomic E-state index is 0.0870. The second-order valence-electron chi connectivity index (χ2n) is 6.04. The molecule has 0 fully saturated rings. The number of hydrogen-bond acceptors (Lipinski definition) is 5. The number of pyridine rings is 1. The summed E-state index contributed by atoms with van der Waals surface area (Å²) in [5.41, 5.74) is 4.19. The highest BCUT2D eigenvalue weighted by atomic mass is 31.0. The lowest BCUT2D eigenvalue weighted by molar-refractivity contribution is 0.609. The van der Waals surface area contributed by atoms with Crippen LogP contribution in [0.3, 0.4) is 0 Å². The number of H-pyrrole nitrogens is 1. The van der Waals surface area contributed by atoms with E-state index in [1.165, 1.54) is 0 Å². The Morgan fingerprint density at radius 1 is 1.24 bits per heavy atom. The highest BCUT2D eigenvalue weighted by Gasteiger charge is 2.33. The van der Waals surface area contributed by atoms with Gasteiger partial charge in [-0.25, -0.2) is 14.5 Å². The van der Waals surface area contributed by atoms with E-state index in [-0.39, 0.29) is 6.04 Å². The minimum atomic E-state index is -0.0870. The second-order valence-corrected chi connectivity index (χ2v) is 6.66. The second kappa shape index (κ2) is 5.63. The average molecular weight is 349 g/mol. The number of fused-ring (bicyclic) bond motifs is 2. The van der Waals surface area contributed by atoms with Gasteiger partial charge in [-0.05, 0) is 17.4 Å². The molecular formula is C17H16N7P. The lowest BCUT2D eigenvalue weighted by Gasteiger charge is -2.34. The van der Waals surface area contributed by atoms with E-state index in [1.54, 1.807) is 24.9 Å². The largest absolute Gasteiger partial charge is 0.348 e. The van der Waals surface area contributed by atoms with Crippen LogP contribution in [-0.2, 0) is 6.42 Å². The predicted molar refractivity (Wildman–Crippen MR) is 98.0 cm³/mol. The van der Waals surface area contributed by atoms with E-state index in [9.17, 15) is 0 Å². The first-order valence-electron chi connectivity index (χ1n) is 8.10. The lowest BCUT2D eigenvalue weighted by atomic mass is 10.00. The highest BCUT2D eigenvalue weighted by molar-refractivity contribution is 7.28. The first-order chi connectivity index (χ1) is 12.3. The summed E-state index contributed by atoms with van der Waals surface area (Å²) in [6.07, 6.45) is 9.82. The Morgan fingerprint density at radius 3 is 3.04 bits per heavy atom. The molecule has 0 amide bonds. The van der Waals surface area contributed by atoms with Crippen molar-refractivity contribution in [2.75, 3.05) is 11.4 Å². The zero-order valence-electron chi connectivity index (χ0n) is 13.4. The van der Waals surface area contributed by atoms with Crippen LogP contribution in [0.5, 0.6) is 0 Å². The maximum Gasteiger partial charge on any atom is 0.147 e. The normalized spacial score (nSPS) is 17.0. The van der Waals surface area contributed by atoms with Crippen LogP contribution in [0.15, 0.2) is 49.3 Å². The first kappa shape index (κ1) is 14.5. The maximum atomic E-state index is 4.81.